The first-order valence-corrected chi connectivity index (χ1v) is 7.86. The second kappa shape index (κ2) is 11.3. The molecule has 0 fully saturated rings. The van der Waals surface area contributed by atoms with Crippen LogP contribution < -0.4 is 9.47 Å². The van der Waals surface area contributed by atoms with Gasteiger partial charge in [-0.3, -0.25) is 0 Å². The van der Waals surface area contributed by atoms with E-state index in [0.717, 1.165) is 31.4 Å². The van der Waals surface area contributed by atoms with Gasteiger partial charge >= 0.3 is 11.9 Å². The van der Waals surface area contributed by atoms with E-state index < -0.39 is 11.9 Å². The SMILES string of the molecule is CCCCCCCOC(=O)/C=C/C(=O)Oc1ccc(OC)cc1. The Labute approximate surface area is 137 Å². The fourth-order valence-corrected chi connectivity index (χ4v) is 1.86. The topological polar surface area (TPSA) is 61.8 Å². The Hall–Kier alpha value is -2.30. The van der Waals surface area contributed by atoms with Crippen LogP contribution in [-0.2, 0) is 14.3 Å². The maximum Gasteiger partial charge on any atom is 0.336 e. The van der Waals surface area contributed by atoms with E-state index in [9.17, 15) is 9.59 Å². The van der Waals surface area contributed by atoms with Gasteiger partial charge in [-0.05, 0) is 30.7 Å². The zero-order chi connectivity index (χ0) is 16.9. The van der Waals surface area contributed by atoms with Gasteiger partial charge in [-0.15, -0.1) is 0 Å². The van der Waals surface area contributed by atoms with Crippen molar-refractivity contribution < 1.29 is 23.8 Å². The number of esters is 2. The van der Waals surface area contributed by atoms with Gasteiger partial charge in [0.25, 0.3) is 0 Å². The van der Waals surface area contributed by atoms with Gasteiger partial charge in [0, 0.05) is 12.2 Å². The minimum absolute atomic E-state index is 0.375. The molecule has 5 heteroatoms. The number of rotatable bonds is 10. The first-order chi connectivity index (χ1) is 11.2. The molecule has 0 aliphatic carbocycles. The lowest BCUT2D eigenvalue weighted by molar-refractivity contribution is -0.138. The smallest absolute Gasteiger partial charge is 0.336 e. The number of hydrogen-bond acceptors (Lipinski definition) is 5. The van der Waals surface area contributed by atoms with Crippen molar-refractivity contribution in [3.8, 4) is 11.5 Å². The second-order valence-electron chi connectivity index (χ2n) is 5.01. The van der Waals surface area contributed by atoms with E-state index in [1.807, 2.05) is 0 Å². The van der Waals surface area contributed by atoms with Crippen molar-refractivity contribution in [2.75, 3.05) is 13.7 Å². The Balaban J connectivity index is 2.24. The van der Waals surface area contributed by atoms with Crippen LogP contribution in [0.25, 0.3) is 0 Å². The molecule has 0 amide bonds. The summed E-state index contributed by atoms with van der Waals surface area (Å²) < 4.78 is 15.1. The molecule has 5 nitrogen and oxygen atoms in total. The number of ether oxygens (including phenoxy) is 3. The molecule has 0 heterocycles. The first-order valence-electron chi connectivity index (χ1n) is 7.86. The number of carbonyl (C=O) groups excluding carboxylic acids is 2. The summed E-state index contributed by atoms with van der Waals surface area (Å²) in [7, 11) is 1.55. The van der Waals surface area contributed by atoms with Gasteiger partial charge in [-0.25, -0.2) is 9.59 Å². The molecule has 0 saturated heterocycles. The molecular formula is C18H24O5. The molecule has 0 aliphatic heterocycles. The Morgan fingerprint density at radius 2 is 1.52 bits per heavy atom. The van der Waals surface area contributed by atoms with Crippen LogP contribution in [0.15, 0.2) is 36.4 Å². The number of unbranched alkanes of at least 4 members (excludes halogenated alkanes) is 4. The summed E-state index contributed by atoms with van der Waals surface area (Å²) in [5.41, 5.74) is 0. The Bertz CT molecular complexity index is 505. The van der Waals surface area contributed by atoms with Crippen molar-refractivity contribution in [1.29, 1.82) is 0 Å². The average Bonchev–Trinajstić information content (AvgIpc) is 2.57. The fraction of sp³-hybridized carbons (Fsp3) is 0.444. The monoisotopic (exact) mass is 320 g/mol. The first kappa shape index (κ1) is 18.7. The molecule has 23 heavy (non-hydrogen) atoms. The molecule has 0 saturated carbocycles. The zero-order valence-electron chi connectivity index (χ0n) is 13.7. The number of benzene rings is 1. The molecule has 1 aromatic rings. The van der Waals surface area contributed by atoms with Crippen molar-refractivity contribution in [3.63, 3.8) is 0 Å². The molecule has 0 bridgehead atoms. The van der Waals surface area contributed by atoms with Crippen molar-refractivity contribution in [1.82, 2.24) is 0 Å². The summed E-state index contributed by atoms with van der Waals surface area (Å²) in [5, 5.41) is 0. The molecule has 126 valence electrons. The highest BCUT2D eigenvalue weighted by molar-refractivity contribution is 5.92. The average molecular weight is 320 g/mol. The van der Waals surface area contributed by atoms with E-state index in [2.05, 4.69) is 6.92 Å². The van der Waals surface area contributed by atoms with Gasteiger partial charge in [0.1, 0.15) is 11.5 Å². The molecule has 0 aromatic heterocycles. The van der Waals surface area contributed by atoms with Crippen LogP contribution in [0.2, 0.25) is 0 Å². The van der Waals surface area contributed by atoms with Crippen molar-refractivity contribution in [2.45, 2.75) is 39.0 Å². The quantitative estimate of drug-likeness (QED) is 0.285. The summed E-state index contributed by atoms with van der Waals surface area (Å²) in [6, 6.07) is 6.58. The van der Waals surface area contributed by atoms with Gasteiger partial charge in [0.15, 0.2) is 0 Å². The van der Waals surface area contributed by atoms with Gasteiger partial charge in [0.2, 0.25) is 0 Å². The number of hydrogen-bond donors (Lipinski definition) is 0. The predicted molar refractivity (Wildman–Crippen MR) is 87.5 cm³/mol. The van der Waals surface area contributed by atoms with Crippen molar-refractivity contribution in [3.05, 3.63) is 36.4 Å². The minimum atomic E-state index is -0.630. The van der Waals surface area contributed by atoms with E-state index in [0.29, 0.717) is 18.1 Å². The molecular weight excluding hydrogens is 296 g/mol. The Morgan fingerprint density at radius 1 is 0.913 bits per heavy atom. The van der Waals surface area contributed by atoms with E-state index in [1.165, 1.54) is 12.8 Å². The number of methoxy groups -OCH3 is 1. The fourth-order valence-electron chi connectivity index (χ4n) is 1.86. The summed E-state index contributed by atoms with van der Waals surface area (Å²) in [6.07, 6.45) is 7.56. The van der Waals surface area contributed by atoms with Gasteiger partial charge < -0.3 is 14.2 Å². The standard InChI is InChI=1S/C18H24O5/c1-3-4-5-6-7-14-22-17(19)12-13-18(20)23-16-10-8-15(21-2)9-11-16/h8-13H,3-7,14H2,1-2H3/b13-12+. The van der Waals surface area contributed by atoms with E-state index in [1.54, 1.807) is 31.4 Å². The summed E-state index contributed by atoms with van der Waals surface area (Å²) in [5.74, 6) is -0.116. The molecule has 0 atom stereocenters. The Morgan fingerprint density at radius 3 is 2.17 bits per heavy atom. The maximum atomic E-state index is 11.6. The van der Waals surface area contributed by atoms with Crippen LogP contribution in [0, 0.1) is 0 Å². The third-order valence-electron chi connectivity index (χ3n) is 3.13. The van der Waals surface area contributed by atoms with Crippen LogP contribution in [-0.4, -0.2) is 25.7 Å². The van der Waals surface area contributed by atoms with Crippen LogP contribution >= 0.6 is 0 Å². The second-order valence-corrected chi connectivity index (χ2v) is 5.01. The molecule has 1 rings (SSSR count). The zero-order valence-corrected chi connectivity index (χ0v) is 13.7. The van der Waals surface area contributed by atoms with Gasteiger partial charge in [-0.2, -0.15) is 0 Å². The lowest BCUT2D eigenvalue weighted by Crippen LogP contribution is -2.07. The molecule has 1 aromatic carbocycles. The highest BCUT2D eigenvalue weighted by Gasteiger charge is 2.03. The van der Waals surface area contributed by atoms with Crippen molar-refractivity contribution >= 4 is 11.9 Å². The lowest BCUT2D eigenvalue weighted by Gasteiger charge is -2.03. The normalized spacial score (nSPS) is 10.5. The molecule has 0 unspecified atom stereocenters. The third kappa shape index (κ3) is 8.66. The Kier molecular flexibility index (Phi) is 9.20. The van der Waals surface area contributed by atoms with E-state index in [-0.39, 0.29) is 0 Å². The van der Waals surface area contributed by atoms with Gasteiger partial charge in [-0.1, -0.05) is 32.6 Å². The van der Waals surface area contributed by atoms with E-state index in [4.69, 9.17) is 14.2 Å². The summed E-state index contributed by atoms with van der Waals surface area (Å²) in [4.78, 5) is 23.0. The third-order valence-corrected chi connectivity index (χ3v) is 3.13. The van der Waals surface area contributed by atoms with Gasteiger partial charge in [0.05, 0.1) is 13.7 Å². The molecule has 0 radical (unpaired) electrons. The molecule has 0 N–H and O–H groups in total. The van der Waals surface area contributed by atoms with Crippen LogP contribution in [0.3, 0.4) is 0 Å². The molecule has 0 spiro atoms. The van der Waals surface area contributed by atoms with Crippen molar-refractivity contribution in [2.24, 2.45) is 0 Å². The lowest BCUT2D eigenvalue weighted by atomic mass is 10.2. The minimum Gasteiger partial charge on any atom is -0.497 e. The highest BCUT2D eigenvalue weighted by Crippen LogP contribution is 2.17. The largest absolute Gasteiger partial charge is 0.497 e. The van der Waals surface area contributed by atoms with Crippen LogP contribution in [0.4, 0.5) is 0 Å². The maximum absolute atomic E-state index is 11.6. The van der Waals surface area contributed by atoms with Crippen LogP contribution in [0.1, 0.15) is 39.0 Å². The summed E-state index contributed by atoms with van der Waals surface area (Å²) in [6.45, 7) is 2.52. The predicted octanol–water partition coefficient (Wildman–Crippen LogP) is 3.67. The summed E-state index contributed by atoms with van der Waals surface area (Å²) >= 11 is 0. The highest BCUT2D eigenvalue weighted by atomic mass is 16.5. The van der Waals surface area contributed by atoms with E-state index >= 15 is 0 Å². The molecule has 0 aliphatic rings. The number of carbonyl (C=O) groups is 2. The van der Waals surface area contributed by atoms with Crippen LogP contribution in [0.5, 0.6) is 11.5 Å².